The van der Waals surface area contributed by atoms with Gasteiger partial charge in [0.1, 0.15) is 0 Å². The van der Waals surface area contributed by atoms with E-state index in [1.807, 2.05) is 0 Å². The van der Waals surface area contributed by atoms with Gasteiger partial charge >= 0.3 is 7.12 Å². The van der Waals surface area contributed by atoms with E-state index in [4.69, 9.17) is 9.31 Å². The van der Waals surface area contributed by atoms with E-state index in [1.165, 1.54) is 51.5 Å². The molecule has 6 rings (SSSR count). The van der Waals surface area contributed by atoms with E-state index in [0.29, 0.717) is 0 Å². The Morgan fingerprint density at radius 1 is 0.667 bits per heavy atom. The van der Waals surface area contributed by atoms with Crippen LogP contribution in [0.4, 0.5) is 0 Å². The average Bonchev–Trinajstić information content (AvgIpc) is 3.26. The van der Waals surface area contributed by atoms with Gasteiger partial charge in [-0.05, 0) is 86.2 Å². The lowest BCUT2D eigenvalue weighted by molar-refractivity contribution is 0.00578. The highest BCUT2D eigenvalue weighted by molar-refractivity contribution is 6.62. The molecule has 3 aromatic carbocycles. The second kappa shape index (κ2) is 7.49. The van der Waals surface area contributed by atoms with Crippen molar-refractivity contribution in [3.05, 3.63) is 71.8 Å². The summed E-state index contributed by atoms with van der Waals surface area (Å²) in [6.07, 6.45) is 2.40. The summed E-state index contributed by atoms with van der Waals surface area (Å²) in [5.41, 5.74) is 7.38. The fraction of sp³-hybridized carbons (Fsp3) is 0.438. The van der Waals surface area contributed by atoms with Crippen molar-refractivity contribution in [1.82, 2.24) is 4.57 Å². The third-order valence-corrected chi connectivity index (χ3v) is 9.29. The maximum absolute atomic E-state index is 6.40. The standard InChI is InChI=1S/C32H38BNO2/c1-29(2)18-19-30(3,4)28-24(29)13-11-15-27(28)34-25-14-10-9-12-22(25)23-20-21(16-17-26(23)34)33-35-31(5,6)32(7,8)36-33/h9-17,20H,18-19H2,1-8H3. The number of fused-ring (bicyclic) bond motifs is 4. The van der Waals surface area contributed by atoms with E-state index < -0.39 is 0 Å². The molecule has 2 aliphatic rings. The fourth-order valence-corrected chi connectivity index (χ4v) is 6.26. The molecule has 0 N–H and O–H groups in total. The zero-order chi connectivity index (χ0) is 25.7. The maximum atomic E-state index is 6.40. The topological polar surface area (TPSA) is 23.4 Å². The minimum Gasteiger partial charge on any atom is -0.399 e. The Morgan fingerprint density at radius 3 is 2.03 bits per heavy atom. The van der Waals surface area contributed by atoms with Gasteiger partial charge in [0.25, 0.3) is 0 Å². The van der Waals surface area contributed by atoms with Crippen LogP contribution in [0.5, 0.6) is 0 Å². The van der Waals surface area contributed by atoms with E-state index in [9.17, 15) is 0 Å². The molecule has 0 bridgehead atoms. The molecule has 186 valence electrons. The first-order valence-corrected chi connectivity index (χ1v) is 13.4. The van der Waals surface area contributed by atoms with Crippen molar-refractivity contribution in [3.63, 3.8) is 0 Å². The van der Waals surface area contributed by atoms with Crippen LogP contribution in [0.3, 0.4) is 0 Å². The number of hydrogen-bond donors (Lipinski definition) is 0. The van der Waals surface area contributed by atoms with Crippen LogP contribution in [0.25, 0.3) is 27.5 Å². The number of aromatic nitrogens is 1. The van der Waals surface area contributed by atoms with Gasteiger partial charge in [-0.15, -0.1) is 0 Å². The molecule has 1 saturated heterocycles. The number of hydrogen-bond acceptors (Lipinski definition) is 2. The summed E-state index contributed by atoms with van der Waals surface area (Å²) in [5.74, 6) is 0. The van der Waals surface area contributed by atoms with Crippen molar-refractivity contribution in [2.75, 3.05) is 0 Å². The lowest BCUT2D eigenvalue weighted by Crippen LogP contribution is -2.41. The molecule has 36 heavy (non-hydrogen) atoms. The largest absolute Gasteiger partial charge is 0.494 e. The molecule has 4 aromatic rings. The van der Waals surface area contributed by atoms with Crippen LogP contribution in [0.15, 0.2) is 60.7 Å². The van der Waals surface area contributed by atoms with E-state index >= 15 is 0 Å². The molecule has 4 heteroatoms. The molecule has 3 nitrogen and oxygen atoms in total. The highest BCUT2D eigenvalue weighted by atomic mass is 16.7. The van der Waals surface area contributed by atoms with E-state index in [-0.39, 0.29) is 29.2 Å². The Labute approximate surface area is 215 Å². The van der Waals surface area contributed by atoms with Gasteiger partial charge in [-0.3, -0.25) is 0 Å². The predicted octanol–water partition coefficient (Wildman–Crippen LogP) is 7.43. The molecular weight excluding hydrogens is 441 g/mol. The summed E-state index contributed by atoms with van der Waals surface area (Å²) in [4.78, 5) is 0. The van der Waals surface area contributed by atoms with Gasteiger partial charge in [-0.1, -0.05) is 70.2 Å². The molecule has 0 amide bonds. The third-order valence-electron chi connectivity index (χ3n) is 9.29. The SMILES string of the molecule is CC1(C)CCC(C)(C)c2c(-n3c4ccccc4c4cc(B5OC(C)(C)C(C)(C)O5)ccc43)cccc21. The summed E-state index contributed by atoms with van der Waals surface area (Å²) >= 11 is 0. The Bertz CT molecular complexity index is 1490. The van der Waals surface area contributed by atoms with Gasteiger partial charge in [0.2, 0.25) is 0 Å². The summed E-state index contributed by atoms with van der Waals surface area (Å²) in [6.45, 7) is 18.1. The maximum Gasteiger partial charge on any atom is 0.494 e. The Morgan fingerprint density at radius 2 is 1.31 bits per heavy atom. The molecule has 1 aliphatic heterocycles. The molecule has 2 heterocycles. The predicted molar refractivity (Wildman–Crippen MR) is 152 cm³/mol. The zero-order valence-corrected chi connectivity index (χ0v) is 23.0. The van der Waals surface area contributed by atoms with Gasteiger partial charge in [-0.2, -0.15) is 0 Å². The van der Waals surface area contributed by atoms with E-state index in [2.05, 4.69) is 121 Å². The minimum atomic E-state index is -0.370. The number of para-hydroxylation sites is 1. The lowest BCUT2D eigenvalue weighted by atomic mass is 9.62. The van der Waals surface area contributed by atoms with Crippen LogP contribution in [-0.4, -0.2) is 22.9 Å². The monoisotopic (exact) mass is 479 g/mol. The van der Waals surface area contributed by atoms with Gasteiger partial charge in [0.15, 0.2) is 0 Å². The van der Waals surface area contributed by atoms with Crippen LogP contribution >= 0.6 is 0 Å². The molecule has 0 atom stereocenters. The van der Waals surface area contributed by atoms with E-state index in [1.54, 1.807) is 0 Å². The van der Waals surface area contributed by atoms with Crippen LogP contribution in [-0.2, 0) is 20.1 Å². The highest BCUT2D eigenvalue weighted by Gasteiger charge is 2.51. The Balaban J connectivity index is 1.60. The second-order valence-corrected chi connectivity index (χ2v) is 13.2. The third kappa shape index (κ3) is 3.34. The molecular formula is C32H38BNO2. The minimum absolute atomic E-state index is 0.113. The van der Waals surface area contributed by atoms with Crippen LogP contribution in [0.2, 0.25) is 0 Å². The normalized spacial score (nSPS) is 21.7. The first-order valence-electron chi connectivity index (χ1n) is 13.4. The van der Waals surface area contributed by atoms with Crippen molar-refractivity contribution < 1.29 is 9.31 Å². The van der Waals surface area contributed by atoms with Crippen molar-refractivity contribution in [2.24, 2.45) is 0 Å². The smallest absolute Gasteiger partial charge is 0.399 e. The summed E-state index contributed by atoms with van der Waals surface area (Å²) in [5, 5.41) is 2.50. The van der Waals surface area contributed by atoms with Gasteiger partial charge in [0.05, 0.1) is 27.9 Å². The molecule has 0 unspecified atom stereocenters. The first-order chi connectivity index (χ1) is 16.8. The molecule has 0 radical (unpaired) electrons. The summed E-state index contributed by atoms with van der Waals surface area (Å²) in [6, 6.07) is 22.4. The van der Waals surface area contributed by atoms with Crippen LogP contribution in [0, 0.1) is 0 Å². The molecule has 1 fully saturated rings. The zero-order valence-electron chi connectivity index (χ0n) is 23.0. The number of rotatable bonds is 2. The Kier molecular flexibility index (Phi) is 4.96. The Hall–Kier alpha value is -2.56. The summed E-state index contributed by atoms with van der Waals surface area (Å²) < 4.78 is 15.3. The fourth-order valence-electron chi connectivity index (χ4n) is 6.26. The van der Waals surface area contributed by atoms with Crippen LogP contribution < -0.4 is 5.46 Å². The molecule has 1 aliphatic carbocycles. The molecule has 0 spiro atoms. The van der Waals surface area contributed by atoms with Crippen molar-refractivity contribution in [1.29, 1.82) is 0 Å². The van der Waals surface area contributed by atoms with Crippen molar-refractivity contribution >= 4 is 34.4 Å². The van der Waals surface area contributed by atoms with Gasteiger partial charge in [0, 0.05) is 10.8 Å². The van der Waals surface area contributed by atoms with Crippen molar-refractivity contribution in [2.45, 2.75) is 90.3 Å². The highest BCUT2D eigenvalue weighted by Crippen LogP contribution is 2.49. The first kappa shape index (κ1) is 23.8. The van der Waals surface area contributed by atoms with Gasteiger partial charge in [-0.25, -0.2) is 0 Å². The molecule has 0 saturated carbocycles. The van der Waals surface area contributed by atoms with Crippen molar-refractivity contribution in [3.8, 4) is 5.69 Å². The number of benzene rings is 3. The molecule has 1 aromatic heterocycles. The number of nitrogens with zero attached hydrogens (tertiary/aromatic N) is 1. The lowest BCUT2D eigenvalue weighted by Gasteiger charge is -2.43. The summed E-state index contributed by atoms with van der Waals surface area (Å²) in [7, 11) is -0.370. The van der Waals surface area contributed by atoms with E-state index in [0.717, 1.165) is 5.46 Å². The quantitative estimate of drug-likeness (QED) is 0.279. The van der Waals surface area contributed by atoms with Crippen LogP contribution in [0.1, 0.15) is 79.4 Å². The van der Waals surface area contributed by atoms with Gasteiger partial charge < -0.3 is 13.9 Å². The second-order valence-electron chi connectivity index (χ2n) is 13.2. The average molecular weight is 479 g/mol.